The van der Waals surface area contributed by atoms with Crippen LogP contribution in [0.3, 0.4) is 0 Å². The number of fused-ring (bicyclic) bond motifs is 1. The molecule has 1 aliphatic heterocycles. The number of halogens is 3. The monoisotopic (exact) mass is 403 g/mol. The van der Waals surface area contributed by atoms with Gasteiger partial charge < -0.3 is 10.1 Å². The molecule has 1 aromatic carbocycles. The first-order valence-electron chi connectivity index (χ1n) is 7.08. The van der Waals surface area contributed by atoms with Crippen molar-refractivity contribution in [1.82, 2.24) is 0 Å². The molecule has 1 saturated heterocycles. The lowest BCUT2D eigenvalue weighted by atomic mass is 9.79. The largest absolute Gasteiger partial charge is 0.461 e. The smallest absolute Gasteiger partial charge is 0.310 e. The third-order valence-corrected chi connectivity index (χ3v) is 7.05. The zero-order valence-electron chi connectivity index (χ0n) is 11.3. The molecule has 3 fully saturated rings. The van der Waals surface area contributed by atoms with E-state index >= 15 is 0 Å². The summed E-state index contributed by atoms with van der Waals surface area (Å²) >= 11 is 15.7. The van der Waals surface area contributed by atoms with E-state index in [1.807, 2.05) is 0 Å². The predicted octanol–water partition coefficient (Wildman–Crippen LogP) is 3.50. The summed E-state index contributed by atoms with van der Waals surface area (Å²) < 4.78 is 5.41. The molecule has 0 aromatic heterocycles. The van der Waals surface area contributed by atoms with Gasteiger partial charge in [-0.3, -0.25) is 9.59 Å². The maximum Gasteiger partial charge on any atom is 0.310 e. The van der Waals surface area contributed by atoms with E-state index in [0.29, 0.717) is 15.7 Å². The highest BCUT2D eigenvalue weighted by Gasteiger charge is 2.67. The third kappa shape index (κ3) is 1.95. The Morgan fingerprint density at radius 2 is 2.09 bits per heavy atom. The van der Waals surface area contributed by atoms with E-state index in [2.05, 4.69) is 21.2 Å². The molecule has 1 amide bonds. The van der Waals surface area contributed by atoms with E-state index in [9.17, 15) is 9.59 Å². The fourth-order valence-electron chi connectivity index (χ4n) is 4.15. The Morgan fingerprint density at radius 3 is 2.86 bits per heavy atom. The van der Waals surface area contributed by atoms with Gasteiger partial charge in [0.05, 0.1) is 32.4 Å². The molecule has 0 unspecified atom stereocenters. The number of carbonyl (C=O) groups is 2. The first kappa shape index (κ1) is 14.8. The van der Waals surface area contributed by atoms with Crippen molar-refractivity contribution in [2.45, 2.75) is 17.4 Å². The first-order valence-corrected chi connectivity index (χ1v) is 8.75. The number of esters is 1. The van der Waals surface area contributed by atoms with E-state index in [4.69, 9.17) is 27.9 Å². The number of benzene rings is 1. The second-order valence-corrected chi connectivity index (χ2v) is 7.89. The molecule has 0 spiro atoms. The lowest BCUT2D eigenvalue weighted by Crippen LogP contribution is -2.40. The summed E-state index contributed by atoms with van der Waals surface area (Å²) in [5.74, 6) is -0.894. The van der Waals surface area contributed by atoms with Crippen molar-refractivity contribution in [1.29, 1.82) is 0 Å². The van der Waals surface area contributed by atoms with Crippen LogP contribution in [0, 0.1) is 23.7 Å². The summed E-state index contributed by atoms with van der Waals surface area (Å²) in [5, 5.41) is 3.51. The van der Waals surface area contributed by atoms with Crippen LogP contribution in [0.5, 0.6) is 0 Å². The lowest BCUT2D eigenvalue weighted by Gasteiger charge is -2.27. The van der Waals surface area contributed by atoms with Gasteiger partial charge in [-0.05, 0) is 24.5 Å². The molecule has 22 heavy (non-hydrogen) atoms. The van der Waals surface area contributed by atoms with E-state index in [1.165, 1.54) is 0 Å². The minimum absolute atomic E-state index is 0.0470. The molecule has 6 atom stereocenters. The highest BCUT2D eigenvalue weighted by atomic mass is 79.9. The van der Waals surface area contributed by atoms with Gasteiger partial charge in [-0.1, -0.05) is 45.2 Å². The van der Waals surface area contributed by atoms with Crippen molar-refractivity contribution in [3.8, 4) is 0 Å². The van der Waals surface area contributed by atoms with E-state index in [0.717, 1.165) is 6.42 Å². The molecule has 4 rings (SSSR count). The summed E-state index contributed by atoms with van der Waals surface area (Å²) in [4.78, 5) is 24.8. The number of carbonyl (C=O) groups excluding carboxylic acids is 2. The van der Waals surface area contributed by atoms with Gasteiger partial charge in [0.15, 0.2) is 0 Å². The van der Waals surface area contributed by atoms with Crippen LogP contribution in [0.4, 0.5) is 5.69 Å². The fourth-order valence-corrected chi connectivity index (χ4v) is 5.54. The van der Waals surface area contributed by atoms with Crippen molar-refractivity contribution < 1.29 is 14.3 Å². The third-order valence-electron chi connectivity index (χ3n) is 5.04. The molecule has 1 aromatic rings. The topological polar surface area (TPSA) is 55.4 Å². The van der Waals surface area contributed by atoms with Gasteiger partial charge in [-0.15, -0.1) is 0 Å². The summed E-state index contributed by atoms with van der Waals surface area (Å²) in [5.41, 5.74) is 0.468. The van der Waals surface area contributed by atoms with Gasteiger partial charge >= 0.3 is 5.97 Å². The molecule has 1 N–H and O–H groups in total. The van der Waals surface area contributed by atoms with Crippen LogP contribution in [0.2, 0.25) is 10.0 Å². The first-order chi connectivity index (χ1) is 10.5. The maximum absolute atomic E-state index is 12.7. The Bertz CT molecular complexity index is 683. The highest BCUT2D eigenvalue weighted by molar-refractivity contribution is 9.09. The molecular formula is C15H12BrCl2NO3. The van der Waals surface area contributed by atoms with Crippen LogP contribution in [0.15, 0.2) is 18.2 Å². The van der Waals surface area contributed by atoms with Gasteiger partial charge in [0, 0.05) is 5.92 Å². The zero-order valence-corrected chi connectivity index (χ0v) is 14.4. The Hall–Kier alpha value is -0.780. The summed E-state index contributed by atoms with van der Waals surface area (Å²) in [6.45, 7) is 0. The van der Waals surface area contributed by atoms with Crippen LogP contribution >= 0.6 is 39.1 Å². The molecule has 7 heteroatoms. The van der Waals surface area contributed by atoms with Crippen LogP contribution in [-0.4, -0.2) is 22.8 Å². The summed E-state index contributed by atoms with van der Waals surface area (Å²) in [6.07, 6.45) is 0.763. The molecule has 2 aliphatic carbocycles. The van der Waals surface area contributed by atoms with E-state index in [-0.39, 0.29) is 46.5 Å². The Labute approximate surface area is 145 Å². The number of hydrogen-bond acceptors (Lipinski definition) is 3. The predicted molar refractivity (Wildman–Crippen MR) is 86.3 cm³/mol. The molecule has 3 aliphatic rings. The van der Waals surface area contributed by atoms with Crippen molar-refractivity contribution in [2.75, 3.05) is 5.32 Å². The molecule has 4 nitrogen and oxygen atoms in total. The zero-order chi connectivity index (χ0) is 15.6. The van der Waals surface area contributed by atoms with Gasteiger partial charge in [-0.2, -0.15) is 0 Å². The molecule has 0 radical (unpaired) electrons. The van der Waals surface area contributed by atoms with Crippen molar-refractivity contribution >= 4 is 56.7 Å². The quantitative estimate of drug-likeness (QED) is 0.606. The minimum atomic E-state index is -0.379. The van der Waals surface area contributed by atoms with E-state index < -0.39 is 0 Å². The normalized spacial score (nSPS) is 38.2. The van der Waals surface area contributed by atoms with Gasteiger partial charge in [0.2, 0.25) is 5.91 Å². The molecular weight excluding hydrogens is 393 g/mol. The van der Waals surface area contributed by atoms with Gasteiger partial charge in [-0.25, -0.2) is 0 Å². The standard InChI is InChI=1S/C15H12BrCl2NO3/c16-11-5-4-6-10(15(21)22-13(6)11)9(5)14(20)19-8-3-1-2-7(17)12(8)18/h1-3,5-6,9-11,13H,4H2,(H,19,20)/t5-,6-,9-,10-,11+,13+/m1/s1. The Balaban J connectivity index is 1.61. The molecule has 1 heterocycles. The molecule has 2 saturated carbocycles. The molecule has 2 bridgehead atoms. The highest BCUT2D eigenvalue weighted by Crippen LogP contribution is 2.60. The van der Waals surface area contributed by atoms with Crippen molar-refractivity contribution in [3.05, 3.63) is 28.2 Å². The Morgan fingerprint density at radius 1 is 1.32 bits per heavy atom. The van der Waals surface area contributed by atoms with Crippen LogP contribution < -0.4 is 5.32 Å². The number of rotatable bonds is 2. The SMILES string of the molecule is O=C(Nc1cccc(Cl)c1Cl)[C@@H]1[C@H]2C[C@H]3[C@H](OC(=O)[C@H]31)[C@H]2Br. The number of hydrogen-bond donors (Lipinski definition) is 1. The number of ether oxygens (including phenoxy) is 1. The number of nitrogens with one attached hydrogen (secondary N) is 1. The van der Waals surface area contributed by atoms with Gasteiger partial charge in [0.1, 0.15) is 6.10 Å². The van der Waals surface area contributed by atoms with Crippen LogP contribution in [-0.2, 0) is 14.3 Å². The Kier molecular flexibility index (Phi) is 3.44. The fraction of sp³-hybridized carbons (Fsp3) is 0.467. The number of alkyl halides is 1. The van der Waals surface area contributed by atoms with Crippen LogP contribution in [0.1, 0.15) is 6.42 Å². The average molecular weight is 405 g/mol. The van der Waals surface area contributed by atoms with E-state index in [1.54, 1.807) is 18.2 Å². The summed E-state index contributed by atoms with van der Waals surface area (Å²) in [6, 6.07) is 5.07. The summed E-state index contributed by atoms with van der Waals surface area (Å²) in [7, 11) is 0. The number of anilines is 1. The average Bonchev–Trinajstić information content (AvgIpc) is 3.08. The maximum atomic E-state index is 12.7. The van der Waals surface area contributed by atoms with Crippen molar-refractivity contribution in [3.63, 3.8) is 0 Å². The minimum Gasteiger partial charge on any atom is -0.461 e. The van der Waals surface area contributed by atoms with Crippen molar-refractivity contribution in [2.24, 2.45) is 23.7 Å². The second-order valence-electron chi connectivity index (χ2n) is 6.05. The second kappa shape index (κ2) is 5.11. The van der Waals surface area contributed by atoms with Crippen LogP contribution in [0.25, 0.3) is 0 Å². The molecule has 116 valence electrons. The van der Waals surface area contributed by atoms with Gasteiger partial charge in [0.25, 0.3) is 0 Å². The lowest BCUT2D eigenvalue weighted by molar-refractivity contribution is -0.145. The number of amides is 1.